The zero-order valence-corrected chi connectivity index (χ0v) is 23.8. The van der Waals surface area contributed by atoms with Crippen LogP contribution in [0.5, 0.6) is 0 Å². The van der Waals surface area contributed by atoms with Crippen molar-refractivity contribution in [2.75, 3.05) is 0 Å². The number of ether oxygens (including phenoxy) is 1. The first-order valence-electron chi connectivity index (χ1n) is 15.0. The van der Waals surface area contributed by atoms with Gasteiger partial charge in [0, 0.05) is 0 Å². The Morgan fingerprint density at radius 3 is 1.67 bits per heavy atom. The molecule has 1 rings (SSSR count). The Balaban J connectivity index is 3.18. The molecule has 0 aliphatic heterocycles. The van der Waals surface area contributed by atoms with Gasteiger partial charge < -0.3 is 9.84 Å². The molecule has 0 aliphatic rings. The molecule has 0 fully saturated rings. The molecule has 1 aromatic carbocycles. The third-order valence-corrected chi connectivity index (χ3v) is 7.72. The summed E-state index contributed by atoms with van der Waals surface area (Å²) in [7, 11) is 0. The Kier molecular flexibility index (Phi) is 17.3. The highest BCUT2D eigenvalue weighted by Crippen LogP contribution is 2.40. The SMILES string of the molecule is CCCCCCCCC(CCCCCCCC)(OC(=O)c1ccccc1C(=O)O)C(CC)CCCC. The molecule has 0 aliphatic carbocycles. The number of hydrogen-bond acceptors (Lipinski definition) is 3. The van der Waals surface area contributed by atoms with Crippen molar-refractivity contribution in [3.8, 4) is 0 Å². The van der Waals surface area contributed by atoms with Crippen LogP contribution in [0.1, 0.15) is 164 Å². The van der Waals surface area contributed by atoms with E-state index < -0.39 is 17.5 Å². The van der Waals surface area contributed by atoms with Crippen LogP contribution in [0.3, 0.4) is 0 Å². The maximum atomic E-state index is 13.5. The summed E-state index contributed by atoms with van der Waals surface area (Å²) >= 11 is 0. The molecule has 0 saturated carbocycles. The number of esters is 1. The van der Waals surface area contributed by atoms with E-state index in [4.69, 9.17) is 4.74 Å². The Hall–Kier alpha value is -1.84. The van der Waals surface area contributed by atoms with E-state index in [1.54, 1.807) is 18.2 Å². The van der Waals surface area contributed by atoms with Crippen molar-refractivity contribution >= 4 is 11.9 Å². The fraction of sp³-hybridized carbons (Fsp3) is 0.750. The van der Waals surface area contributed by atoms with Gasteiger partial charge in [0.2, 0.25) is 0 Å². The van der Waals surface area contributed by atoms with E-state index in [1.165, 1.54) is 57.4 Å². The first kappa shape index (κ1) is 32.2. The van der Waals surface area contributed by atoms with Crippen LogP contribution >= 0.6 is 0 Å². The number of hydrogen-bond donors (Lipinski definition) is 1. The van der Waals surface area contributed by atoms with Gasteiger partial charge in [-0.2, -0.15) is 0 Å². The topological polar surface area (TPSA) is 63.6 Å². The van der Waals surface area contributed by atoms with Crippen LogP contribution in [0, 0.1) is 5.92 Å². The van der Waals surface area contributed by atoms with Gasteiger partial charge in [-0.1, -0.05) is 117 Å². The lowest BCUT2D eigenvalue weighted by atomic mass is 9.75. The molecule has 1 atom stereocenters. The minimum atomic E-state index is -1.09. The maximum Gasteiger partial charge on any atom is 0.339 e. The Labute approximate surface area is 221 Å². The van der Waals surface area contributed by atoms with Gasteiger partial charge >= 0.3 is 11.9 Å². The number of benzene rings is 1. The first-order valence-corrected chi connectivity index (χ1v) is 15.0. The monoisotopic (exact) mass is 502 g/mol. The van der Waals surface area contributed by atoms with Gasteiger partial charge in [0.25, 0.3) is 0 Å². The molecule has 206 valence electrons. The minimum Gasteiger partial charge on any atom is -0.478 e. The predicted molar refractivity (Wildman–Crippen MR) is 151 cm³/mol. The summed E-state index contributed by atoms with van der Waals surface area (Å²) in [6.07, 6.45) is 20.4. The second-order valence-electron chi connectivity index (χ2n) is 10.6. The van der Waals surface area contributed by atoms with Crippen LogP contribution in [-0.2, 0) is 4.74 Å². The van der Waals surface area contributed by atoms with E-state index >= 15 is 0 Å². The van der Waals surface area contributed by atoms with Gasteiger partial charge in [0.1, 0.15) is 5.60 Å². The molecule has 1 N–H and O–H groups in total. The number of carboxylic acids is 1. The number of carbonyl (C=O) groups is 2. The summed E-state index contributed by atoms with van der Waals surface area (Å²) < 4.78 is 6.52. The van der Waals surface area contributed by atoms with Crippen molar-refractivity contribution in [3.63, 3.8) is 0 Å². The number of unbranched alkanes of at least 4 members (excludes halogenated alkanes) is 11. The molecule has 0 radical (unpaired) electrons. The van der Waals surface area contributed by atoms with E-state index in [2.05, 4.69) is 27.7 Å². The second kappa shape index (κ2) is 19.3. The Morgan fingerprint density at radius 1 is 0.722 bits per heavy atom. The van der Waals surface area contributed by atoms with Crippen molar-refractivity contribution in [3.05, 3.63) is 35.4 Å². The molecule has 0 amide bonds. The van der Waals surface area contributed by atoms with E-state index in [0.717, 1.165) is 64.2 Å². The molecule has 0 saturated heterocycles. The fourth-order valence-corrected chi connectivity index (χ4v) is 5.50. The molecule has 4 nitrogen and oxygen atoms in total. The fourth-order valence-electron chi connectivity index (χ4n) is 5.50. The third kappa shape index (κ3) is 11.5. The van der Waals surface area contributed by atoms with Gasteiger partial charge in [-0.05, 0) is 56.6 Å². The van der Waals surface area contributed by atoms with Gasteiger partial charge in [-0.15, -0.1) is 0 Å². The standard InChI is InChI=1S/C32H54O4/c1-5-9-12-14-16-20-25-32(27(8-4)22-11-7-3,26-21-17-15-13-10-6-2)36-31(35)29-24-19-18-23-28(29)30(33)34/h18-19,23-24,27H,5-17,20-22,25-26H2,1-4H3,(H,33,34). The van der Waals surface area contributed by atoms with Crippen molar-refractivity contribution in [1.29, 1.82) is 0 Å². The van der Waals surface area contributed by atoms with E-state index in [1.807, 2.05) is 0 Å². The largest absolute Gasteiger partial charge is 0.478 e. The normalized spacial score (nSPS) is 12.4. The van der Waals surface area contributed by atoms with Crippen molar-refractivity contribution in [1.82, 2.24) is 0 Å². The molecule has 1 unspecified atom stereocenters. The Bertz CT molecular complexity index is 711. The maximum absolute atomic E-state index is 13.5. The lowest BCUT2D eigenvalue weighted by Crippen LogP contribution is -2.43. The summed E-state index contributed by atoms with van der Waals surface area (Å²) in [5.41, 5.74) is -0.329. The van der Waals surface area contributed by atoms with Gasteiger partial charge in [0.15, 0.2) is 0 Å². The minimum absolute atomic E-state index is 0.0251. The van der Waals surface area contributed by atoms with E-state index in [0.29, 0.717) is 5.92 Å². The number of carboxylic acid groups (broad SMARTS) is 1. The van der Waals surface area contributed by atoms with E-state index in [9.17, 15) is 14.7 Å². The molecular weight excluding hydrogens is 448 g/mol. The molecule has 36 heavy (non-hydrogen) atoms. The zero-order valence-electron chi connectivity index (χ0n) is 23.8. The van der Waals surface area contributed by atoms with Gasteiger partial charge in [0.05, 0.1) is 11.1 Å². The molecule has 0 spiro atoms. The molecular formula is C32H54O4. The molecule has 1 aromatic rings. The predicted octanol–water partition coefficient (Wildman–Crippen LogP) is 10.00. The lowest BCUT2D eigenvalue weighted by molar-refractivity contribution is -0.0687. The summed E-state index contributed by atoms with van der Waals surface area (Å²) in [6, 6.07) is 6.48. The van der Waals surface area contributed by atoms with Crippen LogP contribution in [0.25, 0.3) is 0 Å². The molecule has 0 aromatic heterocycles. The average molecular weight is 503 g/mol. The first-order chi connectivity index (χ1) is 17.5. The molecule has 0 heterocycles. The van der Waals surface area contributed by atoms with Crippen LogP contribution < -0.4 is 0 Å². The summed E-state index contributed by atoms with van der Waals surface area (Å²) in [4.78, 5) is 25.4. The number of aromatic carboxylic acids is 1. The van der Waals surface area contributed by atoms with Crippen LogP contribution in [0.15, 0.2) is 24.3 Å². The summed E-state index contributed by atoms with van der Waals surface area (Å²) in [5, 5.41) is 9.66. The van der Waals surface area contributed by atoms with Gasteiger partial charge in [-0.3, -0.25) is 0 Å². The molecule has 4 heteroatoms. The van der Waals surface area contributed by atoms with Crippen LogP contribution in [-0.4, -0.2) is 22.6 Å². The van der Waals surface area contributed by atoms with Gasteiger partial charge in [-0.25, -0.2) is 9.59 Å². The summed E-state index contributed by atoms with van der Waals surface area (Å²) in [5.74, 6) is -1.26. The zero-order chi connectivity index (χ0) is 26.7. The van der Waals surface area contributed by atoms with E-state index in [-0.39, 0.29) is 11.1 Å². The molecule has 0 bridgehead atoms. The lowest BCUT2D eigenvalue weighted by Gasteiger charge is -2.41. The second-order valence-corrected chi connectivity index (χ2v) is 10.6. The highest BCUT2D eigenvalue weighted by atomic mass is 16.6. The van der Waals surface area contributed by atoms with Crippen molar-refractivity contribution in [2.24, 2.45) is 5.92 Å². The highest BCUT2D eigenvalue weighted by molar-refractivity contribution is 6.02. The quantitative estimate of drug-likeness (QED) is 0.126. The number of carbonyl (C=O) groups excluding carboxylic acids is 1. The van der Waals surface area contributed by atoms with Crippen molar-refractivity contribution < 1.29 is 19.4 Å². The van der Waals surface area contributed by atoms with Crippen molar-refractivity contribution in [2.45, 2.75) is 149 Å². The summed E-state index contributed by atoms with van der Waals surface area (Å²) in [6.45, 7) is 8.90. The highest BCUT2D eigenvalue weighted by Gasteiger charge is 2.41. The average Bonchev–Trinajstić information content (AvgIpc) is 2.88. The Morgan fingerprint density at radius 2 is 1.19 bits per heavy atom. The van der Waals surface area contributed by atoms with Crippen LogP contribution in [0.2, 0.25) is 0 Å². The third-order valence-electron chi connectivity index (χ3n) is 7.72. The smallest absolute Gasteiger partial charge is 0.339 e. The van der Waals surface area contributed by atoms with Crippen LogP contribution in [0.4, 0.5) is 0 Å². The number of rotatable bonds is 22.